The molecule has 26 heavy (non-hydrogen) atoms. The van der Waals surface area contributed by atoms with Crippen molar-refractivity contribution in [1.29, 1.82) is 0 Å². The van der Waals surface area contributed by atoms with E-state index in [1.54, 1.807) is 7.11 Å². The van der Waals surface area contributed by atoms with Gasteiger partial charge in [0.1, 0.15) is 5.75 Å². The Balaban J connectivity index is 1.45. The smallest absolute Gasteiger partial charge is 0.230 e. The average Bonchev–Trinajstić information content (AvgIpc) is 3.36. The number of carbonyl (C=O) groups is 1. The molecule has 1 unspecified atom stereocenters. The molecule has 1 spiro atoms. The van der Waals surface area contributed by atoms with Gasteiger partial charge in [-0.05, 0) is 81.2 Å². The standard InChI is InChI=1S/C22H32N2O2/c1-16-17(2)20(26-3)8-7-19(16)14-23-12-10-22(15-23)9-4-11-24(21(22)25)13-18-5-6-18/h7-8,18H,4-6,9-15H2,1-3H3. The zero-order valence-corrected chi connectivity index (χ0v) is 16.5. The largest absolute Gasteiger partial charge is 0.496 e. The summed E-state index contributed by atoms with van der Waals surface area (Å²) in [6.07, 6.45) is 5.91. The number of carbonyl (C=O) groups excluding carboxylic acids is 1. The number of likely N-dealkylation sites (tertiary alicyclic amines) is 2. The van der Waals surface area contributed by atoms with Crippen LogP contribution < -0.4 is 4.74 Å². The lowest BCUT2D eigenvalue weighted by Gasteiger charge is -2.39. The highest BCUT2D eigenvalue weighted by Crippen LogP contribution is 2.42. The lowest BCUT2D eigenvalue weighted by Crippen LogP contribution is -2.50. The lowest BCUT2D eigenvalue weighted by atomic mass is 9.78. The molecule has 1 aromatic carbocycles. The van der Waals surface area contributed by atoms with Gasteiger partial charge in [-0.3, -0.25) is 9.69 Å². The summed E-state index contributed by atoms with van der Waals surface area (Å²) in [5.41, 5.74) is 3.79. The summed E-state index contributed by atoms with van der Waals surface area (Å²) in [6.45, 7) is 9.20. The van der Waals surface area contributed by atoms with Crippen molar-refractivity contribution in [3.8, 4) is 5.75 Å². The SMILES string of the molecule is COc1ccc(CN2CCC3(CCCN(CC4CC4)C3=O)C2)c(C)c1C. The molecule has 4 nitrogen and oxygen atoms in total. The molecule has 4 heteroatoms. The number of nitrogens with zero attached hydrogens (tertiary/aromatic N) is 2. The summed E-state index contributed by atoms with van der Waals surface area (Å²) in [5.74, 6) is 2.19. The number of piperidine rings is 1. The third-order valence-electron chi connectivity index (χ3n) is 6.90. The first-order chi connectivity index (χ1) is 12.5. The van der Waals surface area contributed by atoms with Crippen LogP contribution in [-0.2, 0) is 11.3 Å². The fourth-order valence-corrected chi connectivity index (χ4v) is 4.90. The van der Waals surface area contributed by atoms with Crippen LogP contribution >= 0.6 is 0 Å². The minimum Gasteiger partial charge on any atom is -0.496 e. The Morgan fingerprint density at radius 3 is 2.69 bits per heavy atom. The van der Waals surface area contributed by atoms with Gasteiger partial charge in [0.15, 0.2) is 0 Å². The van der Waals surface area contributed by atoms with Crippen molar-refractivity contribution in [2.24, 2.45) is 11.3 Å². The highest BCUT2D eigenvalue weighted by molar-refractivity contribution is 5.84. The molecule has 2 heterocycles. The molecule has 4 rings (SSSR count). The summed E-state index contributed by atoms with van der Waals surface area (Å²) in [6, 6.07) is 4.26. The Bertz CT molecular complexity index is 698. The van der Waals surface area contributed by atoms with Gasteiger partial charge in [-0.25, -0.2) is 0 Å². The minimum atomic E-state index is -0.109. The van der Waals surface area contributed by atoms with Gasteiger partial charge in [-0.2, -0.15) is 0 Å². The van der Waals surface area contributed by atoms with E-state index < -0.39 is 0 Å². The van der Waals surface area contributed by atoms with Crippen LogP contribution in [-0.4, -0.2) is 49.0 Å². The van der Waals surface area contributed by atoms with Gasteiger partial charge in [0.25, 0.3) is 0 Å². The number of hydrogen-bond donors (Lipinski definition) is 0. The quantitative estimate of drug-likeness (QED) is 0.809. The van der Waals surface area contributed by atoms with Crippen LogP contribution in [0.3, 0.4) is 0 Å². The predicted octanol–water partition coefficient (Wildman–Crippen LogP) is 3.54. The van der Waals surface area contributed by atoms with E-state index in [-0.39, 0.29) is 5.41 Å². The van der Waals surface area contributed by atoms with E-state index in [1.807, 2.05) is 0 Å². The van der Waals surface area contributed by atoms with Crippen molar-refractivity contribution >= 4 is 5.91 Å². The first-order valence-corrected chi connectivity index (χ1v) is 10.2. The van der Waals surface area contributed by atoms with Gasteiger partial charge in [-0.15, -0.1) is 0 Å². The third kappa shape index (κ3) is 3.24. The molecule has 2 saturated heterocycles. The van der Waals surface area contributed by atoms with Gasteiger partial charge in [-0.1, -0.05) is 6.07 Å². The van der Waals surface area contributed by atoms with Crippen LogP contribution in [0.1, 0.15) is 48.8 Å². The summed E-state index contributed by atoms with van der Waals surface area (Å²) in [5, 5.41) is 0. The first kappa shape index (κ1) is 17.8. The maximum atomic E-state index is 13.2. The van der Waals surface area contributed by atoms with Crippen LogP contribution in [0.25, 0.3) is 0 Å². The number of benzene rings is 1. The minimum absolute atomic E-state index is 0.109. The van der Waals surface area contributed by atoms with Gasteiger partial charge < -0.3 is 9.64 Å². The number of amides is 1. The Hall–Kier alpha value is -1.55. The second-order valence-electron chi connectivity index (χ2n) is 8.72. The zero-order chi connectivity index (χ0) is 18.3. The van der Waals surface area contributed by atoms with Crippen molar-refractivity contribution in [3.05, 3.63) is 28.8 Å². The number of rotatable bonds is 5. The second kappa shape index (κ2) is 6.88. The maximum absolute atomic E-state index is 13.2. The molecule has 1 amide bonds. The predicted molar refractivity (Wildman–Crippen MR) is 103 cm³/mol. The molecular weight excluding hydrogens is 324 g/mol. The Morgan fingerprint density at radius 1 is 1.15 bits per heavy atom. The van der Waals surface area contributed by atoms with Crippen molar-refractivity contribution in [2.45, 2.75) is 52.5 Å². The van der Waals surface area contributed by atoms with Crippen LogP contribution in [0.2, 0.25) is 0 Å². The van der Waals surface area contributed by atoms with Gasteiger partial charge in [0.05, 0.1) is 12.5 Å². The lowest BCUT2D eigenvalue weighted by molar-refractivity contribution is -0.145. The van der Waals surface area contributed by atoms with E-state index in [1.165, 1.54) is 36.0 Å². The van der Waals surface area contributed by atoms with Gasteiger partial charge in [0, 0.05) is 26.2 Å². The number of methoxy groups -OCH3 is 1. The molecule has 1 aliphatic carbocycles. The summed E-state index contributed by atoms with van der Waals surface area (Å²) in [7, 11) is 1.73. The topological polar surface area (TPSA) is 32.8 Å². The fraction of sp³-hybridized carbons (Fsp3) is 0.682. The fourth-order valence-electron chi connectivity index (χ4n) is 4.90. The number of ether oxygens (including phenoxy) is 1. The van der Waals surface area contributed by atoms with E-state index in [0.717, 1.165) is 57.2 Å². The van der Waals surface area contributed by atoms with Gasteiger partial charge >= 0.3 is 0 Å². The Morgan fingerprint density at radius 2 is 1.96 bits per heavy atom. The molecule has 1 atom stereocenters. The van der Waals surface area contributed by atoms with Crippen LogP contribution in [0.5, 0.6) is 5.75 Å². The zero-order valence-electron chi connectivity index (χ0n) is 16.5. The van der Waals surface area contributed by atoms with Gasteiger partial charge in [0.2, 0.25) is 5.91 Å². The van der Waals surface area contributed by atoms with E-state index in [4.69, 9.17) is 4.74 Å². The normalized spacial score (nSPS) is 26.7. The van der Waals surface area contributed by atoms with Crippen LogP contribution in [0.15, 0.2) is 12.1 Å². The highest BCUT2D eigenvalue weighted by atomic mass is 16.5. The molecular formula is C22H32N2O2. The van der Waals surface area contributed by atoms with E-state index in [0.29, 0.717) is 5.91 Å². The van der Waals surface area contributed by atoms with Crippen molar-refractivity contribution in [1.82, 2.24) is 9.80 Å². The Kier molecular flexibility index (Phi) is 4.72. The van der Waals surface area contributed by atoms with E-state index in [2.05, 4.69) is 35.8 Å². The summed E-state index contributed by atoms with van der Waals surface area (Å²) >= 11 is 0. The summed E-state index contributed by atoms with van der Waals surface area (Å²) in [4.78, 5) is 17.9. The van der Waals surface area contributed by atoms with Crippen molar-refractivity contribution < 1.29 is 9.53 Å². The molecule has 0 radical (unpaired) electrons. The molecule has 142 valence electrons. The molecule has 0 aromatic heterocycles. The average molecular weight is 357 g/mol. The van der Waals surface area contributed by atoms with E-state index >= 15 is 0 Å². The molecule has 0 N–H and O–H groups in total. The van der Waals surface area contributed by atoms with Crippen LogP contribution in [0.4, 0.5) is 0 Å². The van der Waals surface area contributed by atoms with E-state index in [9.17, 15) is 4.79 Å². The monoisotopic (exact) mass is 356 g/mol. The highest BCUT2D eigenvalue weighted by Gasteiger charge is 2.48. The second-order valence-corrected chi connectivity index (χ2v) is 8.72. The molecule has 0 bridgehead atoms. The maximum Gasteiger partial charge on any atom is 0.230 e. The third-order valence-corrected chi connectivity index (χ3v) is 6.90. The van der Waals surface area contributed by atoms with Crippen molar-refractivity contribution in [2.75, 3.05) is 33.3 Å². The molecule has 3 fully saturated rings. The molecule has 3 aliphatic rings. The summed E-state index contributed by atoms with van der Waals surface area (Å²) < 4.78 is 5.44. The van der Waals surface area contributed by atoms with Crippen molar-refractivity contribution in [3.63, 3.8) is 0 Å². The molecule has 1 aromatic rings. The molecule has 2 aliphatic heterocycles. The van der Waals surface area contributed by atoms with Crippen LogP contribution in [0, 0.1) is 25.2 Å². The Labute approximate surface area is 157 Å². The number of hydrogen-bond acceptors (Lipinski definition) is 3. The first-order valence-electron chi connectivity index (χ1n) is 10.2. The molecule has 1 saturated carbocycles.